The Hall–Kier alpha value is -1.03. The molecule has 1 aliphatic heterocycles. The minimum atomic E-state index is -0.316. The molecular weight excluding hydrogens is 192 g/mol. The fourth-order valence-electron chi connectivity index (χ4n) is 1.76. The molecule has 0 aromatic rings. The summed E-state index contributed by atoms with van der Waals surface area (Å²) in [6.45, 7) is 3.32. The van der Waals surface area contributed by atoms with Gasteiger partial charge in [-0.1, -0.05) is 0 Å². The highest BCUT2D eigenvalue weighted by molar-refractivity contribution is 5.81. The summed E-state index contributed by atoms with van der Waals surface area (Å²) < 4.78 is 4.50. The molecule has 0 saturated carbocycles. The summed E-state index contributed by atoms with van der Waals surface area (Å²) >= 11 is 0. The minimum Gasteiger partial charge on any atom is -0.466 e. The average Bonchev–Trinajstić information content (AvgIpc) is 2.23. The first-order chi connectivity index (χ1) is 7.13. The van der Waals surface area contributed by atoms with Crippen molar-refractivity contribution in [3.63, 3.8) is 0 Å². The van der Waals surface area contributed by atoms with Crippen LogP contribution in [0.15, 0.2) is 12.3 Å². The highest BCUT2D eigenvalue weighted by Crippen LogP contribution is 2.14. The van der Waals surface area contributed by atoms with Crippen molar-refractivity contribution in [1.82, 2.24) is 10.2 Å². The largest absolute Gasteiger partial charge is 0.466 e. The topological polar surface area (TPSA) is 41.6 Å². The van der Waals surface area contributed by atoms with Gasteiger partial charge in [-0.2, -0.15) is 0 Å². The van der Waals surface area contributed by atoms with Crippen molar-refractivity contribution in [1.29, 1.82) is 0 Å². The molecule has 1 heterocycles. The van der Waals surface area contributed by atoms with Crippen molar-refractivity contribution in [3.8, 4) is 0 Å². The van der Waals surface area contributed by atoms with E-state index in [1.54, 1.807) is 6.20 Å². The zero-order valence-electron chi connectivity index (χ0n) is 9.69. The Morgan fingerprint density at radius 1 is 1.60 bits per heavy atom. The zero-order valence-corrected chi connectivity index (χ0v) is 9.69. The maximum atomic E-state index is 10.8. The van der Waals surface area contributed by atoms with Crippen molar-refractivity contribution in [2.24, 2.45) is 0 Å². The summed E-state index contributed by atoms with van der Waals surface area (Å²) in [5.41, 5.74) is 0. The molecule has 86 valence electrons. The quantitative estimate of drug-likeness (QED) is 0.553. The van der Waals surface area contributed by atoms with Crippen molar-refractivity contribution in [2.75, 3.05) is 20.7 Å². The first-order valence-corrected chi connectivity index (χ1v) is 5.34. The van der Waals surface area contributed by atoms with Crippen LogP contribution >= 0.6 is 0 Å². The van der Waals surface area contributed by atoms with Crippen LogP contribution in [-0.2, 0) is 9.53 Å². The number of nitrogens with zero attached hydrogens (tertiary/aromatic N) is 1. The number of carbonyl (C=O) groups is 1. The fourth-order valence-corrected chi connectivity index (χ4v) is 1.76. The van der Waals surface area contributed by atoms with Crippen LogP contribution in [0.5, 0.6) is 0 Å². The van der Waals surface area contributed by atoms with E-state index in [1.165, 1.54) is 13.2 Å². The monoisotopic (exact) mass is 212 g/mol. The molecule has 0 spiro atoms. The minimum absolute atomic E-state index is 0.316. The molecular formula is C11H20N2O2. The number of piperidine rings is 1. The number of hydrogen-bond donors (Lipinski definition) is 1. The van der Waals surface area contributed by atoms with Gasteiger partial charge in [0, 0.05) is 30.9 Å². The SMILES string of the molecule is COC(=O)/C=C/NC1CCN(C)C(C)C1. The van der Waals surface area contributed by atoms with Gasteiger partial charge in [-0.05, 0) is 26.8 Å². The predicted octanol–water partition coefficient (Wildman–Crippen LogP) is 0.745. The lowest BCUT2D eigenvalue weighted by atomic mass is 9.99. The summed E-state index contributed by atoms with van der Waals surface area (Å²) in [6, 6.07) is 1.07. The number of methoxy groups -OCH3 is 1. The first kappa shape index (κ1) is 12.0. The van der Waals surface area contributed by atoms with E-state index in [1.807, 2.05) is 0 Å². The van der Waals surface area contributed by atoms with E-state index in [2.05, 4.69) is 28.9 Å². The highest BCUT2D eigenvalue weighted by atomic mass is 16.5. The van der Waals surface area contributed by atoms with Gasteiger partial charge in [-0.15, -0.1) is 0 Å². The second-order valence-electron chi connectivity index (χ2n) is 4.07. The Kier molecular flexibility index (Phi) is 4.62. The van der Waals surface area contributed by atoms with E-state index >= 15 is 0 Å². The molecule has 2 atom stereocenters. The molecule has 1 saturated heterocycles. The van der Waals surface area contributed by atoms with Crippen molar-refractivity contribution in [3.05, 3.63) is 12.3 Å². The molecule has 0 amide bonds. The molecule has 0 aliphatic carbocycles. The molecule has 15 heavy (non-hydrogen) atoms. The van der Waals surface area contributed by atoms with E-state index in [0.29, 0.717) is 12.1 Å². The Labute approximate surface area is 91.3 Å². The standard InChI is InChI=1S/C11H20N2O2/c1-9-8-10(5-7-13(9)2)12-6-4-11(14)15-3/h4,6,9-10,12H,5,7-8H2,1-3H3/b6-4+. The Bertz CT molecular complexity index is 241. The van der Waals surface area contributed by atoms with Crippen LogP contribution in [0.2, 0.25) is 0 Å². The third-order valence-corrected chi connectivity index (χ3v) is 2.96. The van der Waals surface area contributed by atoms with Gasteiger partial charge < -0.3 is 15.0 Å². The third kappa shape index (κ3) is 3.91. The van der Waals surface area contributed by atoms with Crippen molar-refractivity contribution < 1.29 is 9.53 Å². The second-order valence-corrected chi connectivity index (χ2v) is 4.07. The Morgan fingerprint density at radius 2 is 2.33 bits per heavy atom. The number of esters is 1. The van der Waals surface area contributed by atoms with Crippen LogP contribution in [0, 0.1) is 0 Å². The van der Waals surface area contributed by atoms with Crippen LogP contribution in [-0.4, -0.2) is 43.7 Å². The van der Waals surface area contributed by atoms with Crippen LogP contribution in [0.25, 0.3) is 0 Å². The summed E-state index contributed by atoms with van der Waals surface area (Å²) in [5, 5.41) is 3.23. The van der Waals surface area contributed by atoms with Crippen LogP contribution < -0.4 is 5.32 Å². The molecule has 0 bridgehead atoms. The molecule has 4 heteroatoms. The predicted molar refractivity (Wildman–Crippen MR) is 59.4 cm³/mol. The number of likely N-dealkylation sites (tertiary alicyclic amines) is 1. The molecule has 1 aliphatic rings. The zero-order chi connectivity index (χ0) is 11.3. The summed E-state index contributed by atoms with van der Waals surface area (Å²) in [6.07, 6.45) is 5.34. The highest BCUT2D eigenvalue weighted by Gasteiger charge is 2.21. The van der Waals surface area contributed by atoms with Crippen molar-refractivity contribution in [2.45, 2.75) is 31.8 Å². The van der Waals surface area contributed by atoms with E-state index in [0.717, 1.165) is 19.4 Å². The number of hydrogen-bond acceptors (Lipinski definition) is 4. The lowest BCUT2D eigenvalue weighted by molar-refractivity contribution is -0.134. The first-order valence-electron chi connectivity index (χ1n) is 5.34. The van der Waals surface area contributed by atoms with Crippen LogP contribution in [0.1, 0.15) is 19.8 Å². The van der Waals surface area contributed by atoms with Crippen LogP contribution in [0.4, 0.5) is 0 Å². The van der Waals surface area contributed by atoms with E-state index < -0.39 is 0 Å². The summed E-state index contributed by atoms with van der Waals surface area (Å²) in [4.78, 5) is 13.2. The van der Waals surface area contributed by atoms with Gasteiger partial charge in [0.25, 0.3) is 0 Å². The number of rotatable bonds is 3. The van der Waals surface area contributed by atoms with E-state index in [-0.39, 0.29) is 5.97 Å². The lowest BCUT2D eigenvalue weighted by Gasteiger charge is -2.35. The Morgan fingerprint density at radius 3 is 2.93 bits per heavy atom. The van der Waals surface area contributed by atoms with E-state index in [4.69, 9.17) is 0 Å². The number of carbonyl (C=O) groups excluding carboxylic acids is 1. The van der Waals surface area contributed by atoms with Gasteiger partial charge >= 0.3 is 5.97 Å². The van der Waals surface area contributed by atoms with Crippen LogP contribution in [0.3, 0.4) is 0 Å². The van der Waals surface area contributed by atoms with Gasteiger partial charge in [0.2, 0.25) is 0 Å². The summed E-state index contributed by atoms with van der Waals surface area (Å²) in [7, 11) is 3.52. The molecule has 1 rings (SSSR count). The van der Waals surface area contributed by atoms with Gasteiger partial charge in [0.05, 0.1) is 7.11 Å². The molecule has 0 aromatic carbocycles. The van der Waals surface area contributed by atoms with Crippen molar-refractivity contribution >= 4 is 5.97 Å². The number of nitrogens with one attached hydrogen (secondary N) is 1. The molecule has 1 fully saturated rings. The average molecular weight is 212 g/mol. The van der Waals surface area contributed by atoms with Gasteiger partial charge in [-0.3, -0.25) is 0 Å². The van der Waals surface area contributed by atoms with Gasteiger partial charge in [0.1, 0.15) is 0 Å². The smallest absolute Gasteiger partial charge is 0.331 e. The number of ether oxygens (including phenoxy) is 1. The maximum absolute atomic E-state index is 10.8. The molecule has 0 aromatic heterocycles. The van der Waals surface area contributed by atoms with Gasteiger partial charge in [-0.25, -0.2) is 4.79 Å². The van der Waals surface area contributed by atoms with E-state index in [9.17, 15) is 4.79 Å². The Balaban J connectivity index is 2.28. The van der Waals surface area contributed by atoms with Gasteiger partial charge in [0.15, 0.2) is 0 Å². The normalized spacial score (nSPS) is 27.9. The molecule has 4 nitrogen and oxygen atoms in total. The maximum Gasteiger partial charge on any atom is 0.331 e. The third-order valence-electron chi connectivity index (χ3n) is 2.96. The fraction of sp³-hybridized carbons (Fsp3) is 0.727. The molecule has 0 radical (unpaired) electrons. The second kappa shape index (κ2) is 5.75. The summed E-state index contributed by atoms with van der Waals surface area (Å²) in [5.74, 6) is -0.316. The lowest BCUT2D eigenvalue weighted by Crippen LogP contribution is -2.44. The molecule has 1 N–H and O–H groups in total. The molecule has 2 unspecified atom stereocenters.